The largest absolute Gasteiger partial charge is 0.462 e. The van der Waals surface area contributed by atoms with E-state index in [0.717, 1.165) is 19.3 Å². The molecule has 1 aliphatic carbocycles. The van der Waals surface area contributed by atoms with Gasteiger partial charge in [0.1, 0.15) is 6.61 Å². The maximum absolute atomic E-state index is 11.6. The molecule has 0 aromatic heterocycles. The minimum absolute atomic E-state index is 0.0404. The summed E-state index contributed by atoms with van der Waals surface area (Å²) >= 11 is 0. The Kier molecular flexibility index (Phi) is 6.25. The lowest BCUT2D eigenvalue weighted by Gasteiger charge is -2.29. The molecule has 0 amide bonds. The smallest absolute Gasteiger partial charge is 0.309 e. The normalized spacial score (nSPS) is 19.6. The number of allylic oxidation sites excluding steroid dienone is 1. The molecule has 1 fully saturated rings. The first kappa shape index (κ1) is 17.2. The van der Waals surface area contributed by atoms with Gasteiger partial charge in [-0.2, -0.15) is 0 Å². The van der Waals surface area contributed by atoms with Gasteiger partial charge < -0.3 is 9.47 Å². The van der Waals surface area contributed by atoms with Gasteiger partial charge in [0.05, 0.1) is 17.6 Å². The Bertz CT molecular complexity index is 353. The van der Waals surface area contributed by atoms with Crippen molar-refractivity contribution >= 4 is 5.97 Å². The van der Waals surface area contributed by atoms with Crippen molar-refractivity contribution in [2.45, 2.75) is 72.5 Å². The molecule has 0 aliphatic heterocycles. The minimum Gasteiger partial charge on any atom is -0.462 e. The van der Waals surface area contributed by atoms with Crippen molar-refractivity contribution in [1.29, 1.82) is 0 Å². The molecule has 0 bridgehead atoms. The fourth-order valence-corrected chi connectivity index (χ4v) is 1.99. The van der Waals surface area contributed by atoms with Crippen LogP contribution in [0.15, 0.2) is 11.6 Å². The number of carbonyl (C=O) groups excluding carboxylic acids is 1. The van der Waals surface area contributed by atoms with Crippen molar-refractivity contribution in [3.05, 3.63) is 11.6 Å². The van der Waals surface area contributed by atoms with Gasteiger partial charge in [0.25, 0.3) is 0 Å². The maximum atomic E-state index is 11.6. The topological polar surface area (TPSA) is 35.5 Å². The van der Waals surface area contributed by atoms with E-state index < -0.39 is 5.60 Å². The van der Waals surface area contributed by atoms with Gasteiger partial charge in [0.15, 0.2) is 0 Å². The fraction of sp³-hybridized carbons (Fsp3) is 0.824. The molecule has 3 nitrogen and oxygen atoms in total. The van der Waals surface area contributed by atoms with Crippen LogP contribution >= 0.6 is 0 Å². The fourth-order valence-electron chi connectivity index (χ4n) is 1.99. The van der Waals surface area contributed by atoms with Crippen LogP contribution in [0.4, 0.5) is 0 Å². The summed E-state index contributed by atoms with van der Waals surface area (Å²) in [6.07, 6.45) is 5.39. The zero-order valence-electron chi connectivity index (χ0n) is 13.9. The van der Waals surface area contributed by atoms with E-state index in [1.807, 2.05) is 13.8 Å². The highest BCUT2D eigenvalue weighted by molar-refractivity contribution is 5.74. The van der Waals surface area contributed by atoms with Crippen molar-refractivity contribution < 1.29 is 14.3 Å². The highest BCUT2D eigenvalue weighted by Gasteiger charge is 2.33. The molecule has 3 heteroatoms. The Morgan fingerprint density at radius 1 is 1.35 bits per heavy atom. The van der Waals surface area contributed by atoms with Crippen LogP contribution in [0.25, 0.3) is 0 Å². The van der Waals surface area contributed by atoms with E-state index in [4.69, 9.17) is 9.47 Å². The third-order valence-electron chi connectivity index (χ3n) is 3.80. The molecule has 2 unspecified atom stereocenters. The van der Waals surface area contributed by atoms with Gasteiger partial charge in [-0.1, -0.05) is 26.3 Å². The van der Waals surface area contributed by atoms with E-state index in [0.29, 0.717) is 12.5 Å². The van der Waals surface area contributed by atoms with E-state index in [2.05, 4.69) is 33.8 Å². The number of hydrogen-bond acceptors (Lipinski definition) is 3. The van der Waals surface area contributed by atoms with Crippen molar-refractivity contribution in [3.63, 3.8) is 0 Å². The average Bonchev–Trinajstić information content (AvgIpc) is 3.19. The molecule has 2 atom stereocenters. The van der Waals surface area contributed by atoms with Crippen LogP contribution < -0.4 is 0 Å². The molecule has 0 saturated heterocycles. The van der Waals surface area contributed by atoms with Crippen molar-refractivity contribution in [1.82, 2.24) is 0 Å². The van der Waals surface area contributed by atoms with Crippen LogP contribution in [0.1, 0.15) is 60.8 Å². The highest BCUT2D eigenvalue weighted by atomic mass is 16.6. The lowest BCUT2D eigenvalue weighted by molar-refractivity contribution is -0.157. The Morgan fingerprint density at radius 2 is 1.95 bits per heavy atom. The zero-order chi connectivity index (χ0) is 15.3. The van der Waals surface area contributed by atoms with E-state index in [1.54, 1.807) is 0 Å². The molecule has 0 aromatic rings. The lowest BCUT2D eigenvalue weighted by Crippen LogP contribution is -2.36. The Morgan fingerprint density at radius 3 is 2.45 bits per heavy atom. The molecule has 0 spiro atoms. The zero-order valence-corrected chi connectivity index (χ0v) is 13.9. The first-order valence-electron chi connectivity index (χ1n) is 7.78. The van der Waals surface area contributed by atoms with Crippen LogP contribution in [0.3, 0.4) is 0 Å². The summed E-state index contributed by atoms with van der Waals surface area (Å²) in [4.78, 5) is 11.6. The Labute approximate surface area is 123 Å². The Balaban J connectivity index is 2.42. The number of hydrogen-bond donors (Lipinski definition) is 0. The third kappa shape index (κ3) is 6.08. The third-order valence-corrected chi connectivity index (χ3v) is 3.80. The second kappa shape index (κ2) is 7.26. The predicted molar refractivity (Wildman–Crippen MR) is 81.5 cm³/mol. The molecular formula is C17H30O3. The predicted octanol–water partition coefficient (Wildman–Crippen LogP) is 4.12. The quantitative estimate of drug-likeness (QED) is 0.496. The molecular weight excluding hydrogens is 252 g/mol. The van der Waals surface area contributed by atoms with Crippen LogP contribution in [-0.4, -0.2) is 24.3 Å². The molecule has 1 rings (SSSR count). The second-order valence-corrected chi connectivity index (χ2v) is 6.70. The van der Waals surface area contributed by atoms with Gasteiger partial charge in [0.2, 0.25) is 0 Å². The van der Waals surface area contributed by atoms with Crippen LogP contribution in [-0.2, 0) is 14.3 Å². The van der Waals surface area contributed by atoms with E-state index >= 15 is 0 Å². The van der Waals surface area contributed by atoms with Crippen LogP contribution in [0, 0.1) is 11.8 Å². The molecule has 116 valence electrons. The Hall–Kier alpha value is -0.830. The number of rotatable bonds is 8. The maximum Gasteiger partial charge on any atom is 0.309 e. The molecule has 0 N–H and O–H groups in total. The molecule has 20 heavy (non-hydrogen) atoms. The van der Waals surface area contributed by atoms with E-state index in [9.17, 15) is 4.79 Å². The number of carbonyl (C=O) groups is 1. The summed E-state index contributed by atoms with van der Waals surface area (Å²) in [5.74, 6) is 0.647. The SMILES string of the molecule is CCC(C)C=C(C)C(C)OC(C)(C)COC(=O)C1CC1. The summed E-state index contributed by atoms with van der Waals surface area (Å²) in [6, 6.07) is 0. The average molecular weight is 282 g/mol. The first-order chi connectivity index (χ1) is 9.25. The lowest BCUT2D eigenvalue weighted by atomic mass is 10.0. The number of esters is 1. The van der Waals surface area contributed by atoms with Crippen LogP contribution in [0.2, 0.25) is 0 Å². The van der Waals surface area contributed by atoms with Gasteiger partial charge in [-0.05, 0) is 52.0 Å². The molecule has 1 saturated carbocycles. The van der Waals surface area contributed by atoms with Gasteiger partial charge >= 0.3 is 5.97 Å². The van der Waals surface area contributed by atoms with E-state index in [1.165, 1.54) is 5.57 Å². The van der Waals surface area contributed by atoms with E-state index in [-0.39, 0.29) is 18.0 Å². The second-order valence-electron chi connectivity index (χ2n) is 6.70. The minimum atomic E-state index is -0.450. The van der Waals surface area contributed by atoms with Gasteiger partial charge in [-0.25, -0.2) is 0 Å². The summed E-state index contributed by atoms with van der Waals surface area (Å²) in [6.45, 7) is 12.8. The van der Waals surface area contributed by atoms with Crippen LogP contribution in [0.5, 0.6) is 0 Å². The van der Waals surface area contributed by atoms with Crippen molar-refractivity contribution in [2.75, 3.05) is 6.61 Å². The molecule has 0 radical (unpaired) electrons. The first-order valence-corrected chi connectivity index (χ1v) is 7.78. The summed E-state index contributed by atoms with van der Waals surface area (Å²) in [5, 5.41) is 0. The van der Waals surface area contributed by atoms with Crippen molar-refractivity contribution in [2.24, 2.45) is 11.8 Å². The van der Waals surface area contributed by atoms with Gasteiger partial charge in [0, 0.05) is 0 Å². The standard InChI is InChI=1S/C17H30O3/c1-7-12(2)10-13(3)14(4)20-17(5,6)11-19-16(18)15-8-9-15/h10,12,14-15H,7-9,11H2,1-6H3. The monoisotopic (exact) mass is 282 g/mol. The summed E-state index contributed by atoms with van der Waals surface area (Å²) in [7, 11) is 0. The number of ether oxygens (including phenoxy) is 2. The van der Waals surface area contributed by atoms with Crippen molar-refractivity contribution in [3.8, 4) is 0 Å². The van der Waals surface area contributed by atoms with Gasteiger partial charge in [-0.15, -0.1) is 0 Å². The molecule has 1 aliphatic rings. The highest BCUT2D eigenvalue weighted by Crippen LogP contribution is 2.30. The summed E-state index contributed by atoms with van der Waals surface area (Å²) in [5.41, 5.74) is 0.787. The summed E-state index contributed by atoms with van der Waals surface area (Å²) < 4.78 is 11.4. The molecule has 0 heterocycles. The van der Waals surface area contributed by atoms with Gasteiger partial charge in [-0.3, -0.25) is 4.79 Å². The molecule has 0 aromatic carbocycles.